The number of sulfone groups is 1. The molecule has 1 saturated heterocycles. The monoisotopic (exact) mass is 432 g/mol. The van der Waals surface area contributed by atoms with Crippen molar-refractivity contribution in [1.82, 2.24) is 9.88 Å². The van der Waals surface area contributed by atoms with Crippen molar-refractivity contribution in [2.45, 2.75) is 31.7 Å². The van der Waals surface area contributed by atoms with E-state index in [0.29, 0.717) is 5.69 Å². The van der Waals surface area contributed by atoms with Gasteiger partial charge in [0.05, 0.1) is 17.0 Å². The van der Waals surface area contributed by atoms with Gasteiger partial charge in [0.1, 0.15) is 11.3 Å². The SMILES string of the molecule is CC(C)(C)OC(=O)/C=C/C1=C(C(=O)O)N2C(=O)/C(=C/c3ccccn3)C2S(=O)(=O)C1. The quantitative estimate of drug-likeness (QED) is 0.428. The second-order valence-electron chi connectivity index (χ2n) is 7.73. The third-order valence-electron chi connectivity index (χ3n) is 4.23. The number of ether oxygens (including phenoxy) is 1. The van der Waals surface area contributed by atoms with Crippen LogP contribution in [0.15, 0.2) is 53.4 Å². The maximum atomic E-state index is 12.8. The highest BCUT2D eigenvalue weighted by Gasteiger charge is 2.56. The minimum absolute atomic E-state index is 0.0531. The van der Waals surface area contributed by atoms with Crippen LogP contribution in [-0.4, -0.2) is 58.0 Å². The van der Waals surface area contributed by atoms with Gasteiger partial charge in [0.15, 0.2) is 15.2 Å². The summed E-state index contributed by atoms with van der Waals surface area (Å²) in [5.74, 6) is -3.61. The molecule has 158 valence electrons. The van der Waals surface area contributed by atoms with Crippen molar-refractivity contribution in [3.05, 3.63) is 59.1 Å². The van der Waals surface area contributed by atoms with Crippen LogP contribution in [0, 0.1) is 0 Å². The van der Waals surface area contributed by atoms with Crippen LogP contribution in [0.1, 0.15) is 26.5 Å². The van der Waals surface area contributed by atoms with Crippen molar-refractivity contribution in [3.8, 4) is 0 Å². The van der Waals surface area contributed by atoms with E-state index in [0.717, 1.165) is 17.1 Å². The summed E-state index contributed by atoms with van der Waals surface area (Å²) >= 11 is 0. The molecule has 1 amide bonds. The summed E-state index contributed by atoms with van der Waals surface area (Å²) in [4.78, 5) is 41.1. The second kappa shape index (κ2) is 7.52. The highest BCUT2D eigenvalue weighted by molar-refractivity contribution is 7.92. The lowest BCUT2D eigenvalue weighted by Crippen LogP contribution is -2.62. The predicted octanol–water partition coefficient (Wildman–Crippen LogP) is 1.30. The molecule has 1 fully saturated rings. The number of aromatic nitrogens is 1. The molecule has 2 aliphatic rings. The van der Waals surface area contributed by atoms with Crippen LogP contribution < -0.4 is 0 Å². The standard InChI is InChI=1S/C20H20N2O7S/c1-20(2,3)29-15(23)8-7-12-11-30(27,28)18-14(10-13-6-4-5-9-21-13)17(24)22(18)16(12)19(25)26/h4-10,18H,11H2,1-3H3,(H,25,26)/b8-7+,14-10-. The number of β-lactam (4-membered cyclic amide) rings is 1. The number of esters is 1. The molecule has 10 heteroatoms. The number of pyridine rings is 1. The van der Waals surface area contributed by atoms with Gasteiger partial charge >= 0.3 is 11.9 Å². The molecule has 9 nitrogen and oxygen atoms in total. The summed E-state index contributed by atoms with van der Waals surface area (Å²) in [5, 5.41) is 8.21. The number of allylic oxidation sites excluding steroid dienone is 1. The van der Waals surface area contributed by atoms with Gasteiger partial charge in [-0.25, -0.2) is 18.0 Å². The van der Waals surface area contributed by atoms with Crippen LogP contribution in [0.4, 0.5) is 0 Å². The number of carbonyl (C=O) groups is 3. The van der Waals surface area contributed by atoms with Crippen molar-refractivity contribution in [3.63, 3.8) is 0 Å². The van der Waals surface area contributed by atoms with E-state index in [-0.39, 0.29) is 11.1 Å². The zero-order chi connectivity index (χ0) is 22.3. The number of carboxylic acids is 1. The summed E-state index contributed by atoms with van der Waals surface area (Å²) < 4.78 is 30.7. The molecule has 0 radical (unpaired) electrons. The van der Waals surface area contributed by atoms with E-state index >= 15 is 0 Å². The Hall–Kier alpha value is -3.27. The minimum Gasteiger partial charge on any atom is -0.477 e. The van der Waals surface area contributed by atoms with E-state index in [2.05, 4.69) is 4.98 Å². The molecule has 3 rings (SSSR count). The average molecular weight is 432 g/mol. The van der Waals surface area contributed by atoms with Gasteiger partial charge in [-0.15, -0.1) is 0 Å². The van der Waals surface area contributed by atoms with Gasteiger partial charge < -0.3 is 9.84 Å². The summed E-state index contributed by atoms with van der Waals surface area (Å²) in [6.07, 6.45) is 4.85. The fourth-order valence-electron chi connectivity index (χ4n) is 3.14. The number of amides is 1. The van der Waals surface area contributed by atoms with Gasteiger partial charge in [0.25, 0.3) is 5.91 Å². The molecule has 1 aromatic rings. The lowest BCUT2D eigenvalue weighted by atomic mass is 10.0. The van der Waals surface area contributed by atoms with Gasteiger partial charge in [0.2, 0.25) is 0 Å². The Labute approximate surface area is 173 Å². The molecule has 1 aromatic heterocycles. The molecule has 1 unspecified atom stereocenters. The van der Waals surface area contributed by atoms with E-state index in [1.54, 1.807) is 39.0 Å². The lowest BCUT2D eigenvalue weighted by Gasteiger charge is -2.45. The molecular weight excluding hydrogens is 412 g/mol. The summed E-state index contributed by atoms with van der Waals surface area (Å²) in [7, 11) is -3.94. The second-order valence-corrected chi connectivity index (χ2v) is 9.80. The van der Waals surface area contributed by atoms with Crippen molar-refractivity contribution >= 4 is 33.8 Å². The topological polar surface area (TPSA) is 131 Å². The van der Waals surface area contributed by atoms with E-state index in [4.69, 9.17) is 4.74 Å². The zero-order valence-electron chi connectivity index (χ0n) is 16.5. The Balaban J connectivity index is 2.00. The van der Waals surface area contributed by atoms with E-state index in [1.165, 1.54) is 12.3 Å². The summed E-state index contributed by atoms with van der Waals surface area (Å²) in [6, 6.07) is 4.95. The molecule has 0 saturated carbocycles. The van der Waals surface area contributed by atoms with Crippen LogP contribution in [0.5, 0.6) is 0 Å². The largest absolute Gasteiger partial charge is 0.477 e. The molecule has 3 heterocycles. The Kier molecular flexibility index (Phi) is 5.38. The van der Waals surface area contributed by atoms with Crippen LogP contribution in [0.3, 0.4) is 0 Å². The number of rotatable bonds is 4. The first-order valence-corrected chi connectivity index (χ1v) is 10.7. The number of hydrogen-bond donors (Lipinski definition) is 1. The van der Waals surface area contributed by atoms with Crippen molar-refractivity contribution in [2.75, 3.05) is 5.75 Å². The molecule has 1 N–H and O–H groups in total. The normalized spacial score (nSPS) is 22.1. The molecular formula is C20H20N2O7S. The highest BCUT2D eigenvalue weighted by Crippen LogP contribution is 2.41. The summed E-state index contributed by atoms with van der Waals surface area (Å²) in [6.45, 7) is 4.97. The van der Waals surface area contributed by atoms with Crippen LogP contribution >= 0.6 is 0 Å². The zero-order valence-corrected chi connectivity index (χ0v) is 17.3. The maximum Gasteiger partial charge on any atom is 0.352 e. The first kappa shape index (κ1) is 21.4. The molecule has 2 aliphatic heterocycles. The highest BCUT2D eigenvalue weighted by atomic mass is 32.2. The number of carboxylic acid groups (broad SMARTS) is 1. The van der Waals surface area contributed by atoms with E-state index in [1.807, 2.05) is 0 Å². The van der Waals surface area contributed by atoms with E-state index < -0.39 is 50.1 Å². The minimum atomic E-state index is -3.94. The summed E-state index contributed by atoms with van der Waals surface area (Å²) in [5.41, 5.74) is -1.09. The Morgan fingerprint density at radius 2 is 2.00 bits per heavy atom. The van der Waals surface area contributed by atoms with Gasteiger partial charge in [-0.1, -0.05) is 6.07 Å². The lowest BCUT2D eigenvalue weighted by molar-refractivity contribution is -0.148. The van der Waals surface area contributed by atoms with Crippen LogP contribution in [0.2, 0.25) is 0 Å². The van der Waals surface area contributed by atoms with Gasteiger partial charge in [0, 0.05) is 12.3 Å². The first-order valence-electron chi connectivity index (χ1n) is 8.96. The number of aliphatic carboxylic acids is 1. The van der Waals surface area contributed by atoms with Gasteiger partial charge in [-0.3, -0.25) is 14.7 Å². The number of nitrogens with zero attached hydrogens (tertiary/aromatic N) is 2. The Morgan fingerprint density at radius 1 is 1.30 bits per heavy atom. The van der Waals surface area contributed by atoms with Gasteiger partial charge in [-0.2, -0.15) is 0 Å². The maximum absolute atomic E-state index is 12.8. The fourth-order valence-corrected chi connectivity index (χ4v) is 5.04. The van der Waals surface area contributed by atoms with Crippen molar-refractivity contribution in [2.24, 2.45) is 0 Å². The molecule has 0 aromatic carbocycles. The van der Waals surface area contributed by atoms with Crippen molar-refractivity contribution < 1.29 is 32.6 Å². The molecule has 0 spiro atoms. The molecule has 1 atom stereocenters. The number of carbonyl (C=O) groups excluding carboxylic acids is 2. The molecule has 30 heavy (non-hydrogen) atoms. The predicted molar refractivity (Wildman–Crippen MR) is 106 cm³/mol. The third kappa shape index (κ3) is 4.18. The number of hydrogen-bond acceptors (Lipinski definition) is 7. The molecule has 0 bridgehead atoms. The smallest absolute Gasteiger partial charge is 0.352 e. The number of fused-ring (bicyclic) bond motifs is 1. The van der Waals surface area contributed by atoms with Crippen LogP contribution in [-0.2, 0) is 29.0 Å². The van der Waals surface area contributed by atoms with E-state index in [9.17, 15) is 27.9 Å². The Bertz CT molecular complexity index is 1110. The van der Waals surface area contributed by atoms with Crippen LogP contribution in [0.25, 0.3) is 6.08 Å². The van der Waals surface area contributed by atoms with Gasteiger partial charge in [-0.05, 0) is 50.6 Å². The average Bonchev–Trinajstić information content (AvgIpc) is 2.62. The van der Waals surface area contributed by atoms with Crippen molar-refractivity contribution in [1.29, 1.82) is 0 Å². The Morgan fingerprint density at radius 3 is 2.57 bits per heavy atom. The first-order chi connectivity index (χ1) is 13.9. The third-order valence-corrected chi connectivity index (χ3v) is 6.09. The molecule has 0 aliphatic carbocycles. The fraction of sp³-hybridized carbons (Fsp3) is 0.300.